The Morgan fingerprint density at radius 1 is 1.47 bits per heavy atom. The van der Waals surface area contributed by atoms with Crippen molar-refractivity contribution in [3.63, 3.8) is 0 Å². The van der Waals surface area contributed by atoms with E-state index in [0.717, 1.165) is 6.08 Å². The fraction of sp³-hybridized carbons (Fsp3) is 0.357. The fourth-order valence-electron chi connectivity index (χ4n) is 1.46. The van der Waals surface area contributed by atoms with Gasteiger partial charge in [0.25, 0.3) is 0 Å². The maximum Gasteiger partial charge on any atom is 0.328 e. The van der Waals surface area contributed by atoms with Gasteiger partial charge in [-0.3, -0.25) is 0 Å². The normalized spacial score (nSPS) is 11.0. The number of rotatable bonds is 6. The van der Waals surface area contributed by atoms with Crippen LogP contribution in [0.3, 0.4) is 0 Å². The van der Waals surface area contributed by atoms with Gasteiger partial charge >= 0.3 is 5.97 Å². The summed E-state index contributed by atoms with van der Waals surface area (Å²) in [4.78, 5) is 10.5. The first-order valence-corrected chi connectivity index (χ1v) is 6.35. The predicted molar refractivity (Wildman–Crippen MR) is 75.1 cm³/mol. The first-order chi connectivity index (χ1) is 8.93. The van der Waals surface area contributed by atoms with Gasteiger partial charge in [0.15, 0.2) is 11.5 Å². The van der Waals surface area contributed by atoms with Crippen LogP contribution in [0.5, 0.6) is 11.5 Å². The number of carboxylic acid groups (broad SMARTS) is 1. The van der Waals surface area contributed by atoms with Crippen LogP contribution in [-0.2, 0) is 4.79 Å². The second-order valence-corrected chi connectivity index (χ2v) is 4.51. The van der Waals surface area contributed by atoms with Crippen molar-refractivity contribution < 1.29 is 19.4 Å². The number of ether oxygens (including phenoxy) is 2. The van der Waals surface area contributed by atoms with Crippen molar-refractivity contribution >= 4 is 23.6 Å². The third kappa shape index (κ3) is 4.83. The number of benzene rings is 1. The van der Waals surface area contributed by atoms with Gasteiger partial charge in [0.1, 0.15) is 0 Å². The molecule has 0 aliphatic heterocycles. The van der Waals surface area contributed by atoms with Crippen molar-refractivity contribution in [1.82, 2.24) is 0 Å². The standard InChI is InChI=1S/C14H17ClO4/c1-4-18-12-8-10(5-6-13(16)17)7-11(15)14(12)19-9(2)3/h5-9H,4H2,1-3H3,(H,16,17). The minimum atomic E-state index is -1.02. The molecule has 1 N–H and O–H groups in total. The number of aliphatic carboxylic acids is 1. The lowest BCUT2D eigenvalue weighted by Gasteiger charge is -2.16. The molecule has 0 radical (unpaired) electrons. The van der Waals surface area contributed by atoms with E-state index in [1.54, 1.807) is 12.1 Å². The lowest BCUT2D eigenvalue weighted by Crippen LogP contribution is -2.08. The van der Waals surface area contributed by atoms with E-state index < -0.39 is 5.97 Å². The van der Waals surface area contributed by atoms with Crippen LogP contribution in [0.4, 0.5) is 0 Å². The molecule has 0 spiro atoms. The van der Waals surface area contributed by atoms with E-state index in [4.69, 9.17) is 26.2 Å². The Morgan fingerprint density at radius 2 is 2.16 bits per heavy atom. The van der Waals surface area contributed by atoms with Crippen molar-refractivity contribution in [3.8, 4) is 11.5 Å². The van der Waals surface area contributed by atoms with E-state index in [9.17, 15) is 4.79 Å². The van der Waals surface area contributed by atoms with Gasteiger partial charge in [-0.2, -0.15) is 0 Å². The molecule has 0 aliphatic carbocycles. The number of carbonyl (C=O) groups is 1. The zero-order valence-corrected chi connectivity index (χ0v) is 11.9. The Kier molecular flexibility index (Phi) is 5.70. The second-order valence-electron chi connectivity index (χ2n) is 4.10. The molecule has 1 rings (SSSR count). The molecule has 0 saturated carbocycles. The van der Waals surface area contributed by atoms with Crippen molar-refractivity contribution in [3.05, 3.63) is 28.8 Å². The van der Waals surface area contributed by atoms with E-state index in [2.05, 4.69) is 0 Å². The van der Waals surface area contributed by atoms with Gasteiger partial charge in [-0.25, -0.2) is 4.79 Å². The summed E-state index contributed by atoms with van der Waals surface area (Å²) in [6, 6.07) is 3.34. The average molecular weight is 285 g/mol. The Hall–Kier alpha value is -1.68. The van der Waals surface area contributed by atoms with E-state index in [-0.39, 0.29) is 6.10 Å². The summed E-state index contributed by atoms with van der Waals surface area (Å²) >= 11 is 6.14. The van der Waals surface area contributed by atoms with Crippen LogP contribution in [-0.4, -0.2) is 23.8 Å². The van der Waals surface area contributed by atoms with Crippen LogP contribution >= 0.6 is 11.6 Å². The van der Waals surface area contributed by atoms with Crippen LogP contribution in [0.1, 0.15) is 26.3 Å². The van der Waals surface area contributed by atoms with Crippen LogP contribution in [0.25, 0.3) is 6.08 Å². The Bertz CT molecular complexity index is 481. The summed E-state index contributed by atoms with van der Waals surface area (Å²) in [5.74, 6) is -0.0312. The number of hydrogen-bond acceptors (Lipinski definition) is 3. The molecule has 0 atom stereocenters. The van der Waals surface area contributed by atoms with Gasteiger partial charge in [0, 0.05) is 6.08 Å². The van der Waals surface area contributed by atoms with Crippen molar-refractivity contribution in [2.24, 2.45) is 0 Å². The third-order valence-electron chi connectivity index (χ3n) is 2.10. The Balaban J connectivity index is 3.16. The topological polar surface area (TPSA) is 55.8 Å². The molecule has 0 heterocycles. The molecule has 0 saturated heterocycles. The van der Waals surface area contributed by atoms with Crippen molar-refractivity contribution in [2.75, 3.05) is 6.61 Å². The maximum absolute atomic E-state index is 10.5. The van der Waals surface area contributed by atoms with Crippen LogP contribution in [0.2, 0.25) is 5.02 Å². The summed E-state index contributed by atoms with van der Waals surface area (Å²) in [5, 5.41) is 9.01. The molecule has 0 amide bonds. The minimum absolute atomic E-state index is 0.0304. The van der Waals surface area contributed by atoms with E-state index in [0.29, 0.717) is 28.7 Å². The number of carboxylic acids is 1. The number of halogens is 1. The van der Waals surface area contributed by atoms with E-state index in [1.807, 2.05) is 20.8 Å². The SMILES string of the molecule is CCOc1cc(C=CC(=O)O)cc(Cl)c1OC(C)C. The highest BCUT2D eigenvalue weighted by Gasteiger charge is 2.13. The summed E-state index contributed by atoms with van der Waals surface area (Å²) < 4.78 is 11.1. The molecule has 19 heavy (non-hydrogen) atoms. The van der Waals surface area contributed by atoms with Gasteiger partial charge in [-0.1, -0.05) is 11.6 Å². The van der Waals surface area contributed by atoms with Crippen LogP contribution in [0.15, 0.2) is 18.2 Å². The zero-order chi connectivity index (χ0) is 14.4. The summed E-state index contributed by atoms with van der Waals surface area (Å²) in [7, 11) is 0. The molecule has 0 aromatic heterocycles. The van der Waals surface area contributed by atoms with Gasteiger partial charge in [-0.05, 0) is 44.5 Å². The molecular formula is C14H17ClO4. The summed E-state index contributed by atoms with van der Waals surface area (Å²) in [5.41, 5.74) is 0.645. The Labute approximate surface area is 117 Å². The first-order valence-electron chi connectivity index (χ1n) is 5.98. The molecule has 0 unspecified atom stereocenters. The van der Waals surface area contributed by atoms with Crippen LogP contribution < -0.4 is 9.47 Å². The molecule has 0 bridgehead atoms. The summed E-state index contributed by atoms with van der Waals surface area (Å²) in [6.45, 7) is 6.11. The lowest BCUT2D eigenvalue weighted by atomic mass is 10.2. The molecule has 1 aromatic rings. The smallest absolute Gasteiger partial charge is 0.328 e. The maximum atomic E-state index is 10.5. The molecule has 0 aliphatic rings. The molecule has 104 valence electrons. The van der Waals surface area contributed by atoms with Gasteiger partial charge in [0.2, 0.25) is 0 Å². The van der Waals surface area contributed by atoms with E-state index in [1.165, 1.54) is 6.08 Å². The fourth-order valence-corrected chi connectivity index (χ4v) is 1.73. The Morgan fingerprint density at radius 3 is 2.68 bits per heavy atom. The number of hydrogen-bond donors (Lipinski definition) is 1. The molecule has 1 aromatic carbocycles. The van der Waals surface area contributed by atoms with Gasteiger partial charge in [-0.15, -0.1) is 0 Å². The van der Waals surface area contributed by atoms with E-state index >= 15 is 0 Å². The molecular weight excluding hydrogens is 268 g/mol. The average Bonchev–Trinajstić information content (AvgIpc) is 2.31. The zero-order valence-electron chi connectivity index (χ0n) is 11.1. The summed E-state index contributed by atoms with van der Waals surface area (Å²) in [6.07, 6.45) is 2.47. The van der Waals surface area contributed by atoms with Gasteiger partial charge in [0.05, 0.1) is 17.7 Å². The predicted octanol–water partition coefficient (Wildman–Crippen LogP) is 3.62. The molecule has 4 nitrogen and oxygen atoms in total. The highest BCUT2D eigenvalue weighted by atomic mass is 35.5. The molecule has 5 heteroatoms. The quantitative estimate of drug-likeness (QED) is 0.811. The monoisotopic (exact) mass is 284 g/mol. The highest BCUT2D eigenvalue weighted by Crippen LogP contribution is 2.37. The minimum Gasteiger partial charge on any atom is -0.490 e. The van der Waals surface area contributed by atoms with Crippen molar-refractivity contribution in [2.45, 2.75) is 26.9 Å². The highest BCUT2D eigenvalue weighted by molar-refractivity contribution is 6.32. The molecule has 0 fully saturated rings. The van der Waals surface area contributed by atoms with Crippen LogP contribution in [0, 0.1) is 0 Å². The lowest BCUT2D eigenvalue weighted by molar-refractivity contribution is -0.131. The van der Waals surface area contributed by atoms with Gasteiger partial charge < -0.3 is 14.6 Å². The third-order valence-corrected chi connectivity index (χ3v) is 2.38. The largest absolute Gasteiger partial charge is 0.490 e. The first kappa shape index (κ1) is 15.4. The second kappa shape index (κ2) is 7.04. The van der Waals surface area contributed by atoms with Crippen molar-refractivity contribution in [1.29, 1.82) is 0 Å².